The number of ether oxygens (including phenoxy) is 2. The van der Waals surface area contributed by atoms with E-state index in [2.05, 4.69) is 5.32 Å². The van der Waals surface area contributed by atoms with E-state index >= 15 is 0 Å². The molecule has 2 amide bonds. The van der Waals surface area contributed by atoms with Gasteiger partial charge in [0.25, 0.3) is 10.0 Å². The second-order valence-corrected chi connectivity index (χ2v) is 13.6. The second-order valence-electron chi connectivity index (χ2n) is 11.3. The normalized spacial score (nSPS) is 11.9. The molecule has 0 unspecified atom stereocenters. The summed E-state index contributed by atoms with van der Waals surface area (Å²) in [5, 5.41) is 3.37. The van der Waals surface area contributed by atoms with Crippen molar-refractivity contribution in [3.63, 3.8) is 0 Å². The van der Waals surface area contributed by atoms with Crippen LogP contribution in [0.1, 0.15) is 30.5 Å². The summed E-state index contributed by atoms with van der Waals surface area (Å²) >= 11 is 6.16. The van der Waals surface area contributed by atoms with Crippen molar-refractivity contribution in [3.8, 4) is 11.5 Å². The second kappa shape index (κ2) is 15.8. The Balaban J connectivity index is 1.83. The zero-order valence-electron chi connectivity index (χ0n) is 27.1. The number of amides is 2. The van der Waals surface area contributed by atoms with Crippen molar-refractivity contribution in [2.75, 3.05) is 25.1 Å². The third kappa shape index (κ3) is 8.84. The summed E-state index contributed by atoms with van der Waals surface area (Å²) in [7, 11) is -1.49. The van der Waals surface area contributed by atoms with Gasteiger partial charge in [0.1, 0.15) is 12.6 Å². The van der Waals surface area contributed by atoms with E-state index in [1.54, 1.807) is 12.1 Å². The van der Waals surface area contributed by atoms with Crippen LogP contribution in [0.5, 0.6) is 11.5 Å². The summed E-state index contributed by atoms with van der Waals surface area (Å²) in [5.74, 6) is -0.339. The highest BCUT2D eigenvalue weighted by Crippen LogP contribution is 2.33. The zero-order chi connectivity index (χ0) is 34.1. The molecule has 11 heteroatoms. The number of nitrogens with one attached hydrogen (secondary N) is 1. The largest absolute Gasteiger partial charge is 0.493 e. The lowest BCUT2D eigenvalue weighted by atomic mass is 10.0. The number of sulfonamides is 1. The van der Waals surface area contributed by atoms with Crippen LogP contribution in [0, 0.1) is 6.92 Å². The number of hydrogen-bond acceptors (Lipinski definition) is 6. The number of nitrogens with zero attached hydrogens (tertiary/aromatic N) is 2. The molecule has 0 bridgehead atoms. The third-order valence-electron chi connectivity index (χ3n) is 7.64. The summed E-state index contributed by atoms with van der Waals surface area (Å²) in [6, 6.07) is 26.3. The molecule has 4 aromatic carbocycles. The van der Waals surface area contributed by atoms with E-state index in [0.717, 1.165) is 21.0 Å². The first-order chi connectivity index (χ1) is 22.4. The van der Waals surface area contributed by atoms with Gasteiger partial charge < -0.3 is 19.7 Å². The first-order valence-electron chi connectivity index (χ1n) is 15.1. The first-order valence-corrected chi connectivity index (χ1v) is 16.9. The van der Waals surface area contributed by atoms with Crippen LogP contribution >= 0.6 is 11.6 Å². The lowest BCUT2D eigenvalue weighted by molar-refractivity contribution is -0.140. The van der Waals surface area contributed by atoms with Gasteiger partial charge in [-0.1, -0.05) is 66.2 Å². The Morgan fingerprint density at radius 1 is 0.851 bits per heavy atom. The van der Waals surface area contributed by atoms with Gasteiger partial charge in [0.2, 0.25) is 11.8 Å². The molecule has 0 heterocycles. The van der Waals surface area contributed by atoms with Gasteiger partial charge in [-0.15, -0.1) is 0 Å². The Kier molecular flexibility index (Phi) is 11.9. The van der Waals surface area contributed by atoms with Gasteiger partial charge in [-0.05, 0) is 73.9 Å². The smallest absolute Gasteiger partial charge is 0.264 e. The molecule has 248 valence electrons. The predicted octanol–water partition coefficient (Wildman–Crippen LogP) is 6.03. The Bertz CT molecular complexity index is 1780. The van der Waals surface area contributed by atoms with Gasteiger partial charge in [0.15, 0.2) is 11.5 Å². The lowest BCUT2D eigenvalue weighted by Crippen LogP contribution is -2.54. The molecule has 1 atom stereocenters. The minimum absolute atomic E-state index is 0.0827. The number of anilines is 1. The van der Waals surface area contributed by atoms with Gasteiger partial charge in [0.05, 0.1) is 24.8 Å². The van der Waals surface area contributed by atoms with E-state index < -0.39 is 28.5 Å². The average molecular weight is 678 g/mol. The average Bonchev–Trinajstić information content (AvgIpc) is 3.06. The lowest BCUT2D eigenvalue weighted by Gasteiger charge is -2.34. The predicted molar refractivity (Wildman–Crippen MR) is 184 cm³/mol. The summed E-state index contributed by atoms with van der Waals surface area (Å²) in [4.78, 5) is 29.8. The molecule has 4 aromatic rings. The Morgan fingerprint density at radius 3 is 2.11 bits per heavy atom. The van der Waals surface area contributed by atoms with E-state index in [1.165, 1.54) is 49.5 Å². The number of methoxy groups -OCH3 is 2. The molecule has 9 nitrogen and oxygen atoms in total. The Hall–Kier alpha value is -4.54. The number of aryl methyl sites for hydroxylation is 1. The van der Waals surface area contributed by atoms with Gasteiger partial charge >= 0.3 is 0 Å². The number of halogens is 1. The molecule has 0 fully saturated rings. The number of rotatable bonds is 14. The molecule has 0 aliphatic carbocycles. The van der Waals surface area contributed by atoms with Crippen LogP contribution < -0.4 is 19.1 Å². The maximum atomic E-state index is 14.6. The molecule has 4 rings (SSSR count). The van der Waals surface area contributed by atoms with Crippen molar-refractivity contribution >= 4 is 39.1 Å². The highest BCUT2D eigenvalue weighted by Gasteiger charge is 2.35. The van der Waals surface area contributed by atoms with Crippen molar-refractivity contribution in [2.45, 2.75) is 50.7 Å². The van der Waals surface area contributed by atoms with Crippen LogP contribution in [0.25, 0.3) is 0 Å². The fraction of sp³-hybridized carbons (Fsp3) is 0.278. The quantitative estimate of drug-likeness (QED) is 0.175. The SMILES string of the molecule is COc1ccc(S(=O)(=O)N(CC(=O)N(Cc2ccccc2C)[C@@H](Cc2ccccc2)C(=O)NC(C)C)c2ccc(Cl)cc2)cc1OC. The van der Waals surface area contributed by atoms with E-state index in [0.29, 0.717) is 10.8 Å². The van der Waals surface area contributed by atoms with Crippen molar-refractivity contribution in [3.05, 3.63) is 119 Å². The van der Waals surface area contributed by atoms with E-state index in [1.807, 2.05) is 75.4 Å². The van der Waals surface area contributed by atoms with E-state index in [-0.39, 0.29) is 41.2 Å². The minimum Gasteiger partial charge on any atom is -0.493 e. The first kappa shape index (κ1) is 35.3. The van der Waals surface area contributed by atoms with E-state index in [9.17, 15) is 18.0 Å². The molecule has 0 saturated heterocycles. The topological polar surface area (TPSA) is 105 Å². The molecule has 0 aliphatic rings. The molecule has 0 spiro atoms. The number of hydrogen-bond donors (Lipinski definition) is 1. The van der Waals surface area contributed by atoms with Crippen LogP contribution in [0.2, 0.25) is 5.02 Å². The Morgan fingerprint density at radius 2 is 1.49 bits per heavy atom. The molecule has 1 N–H and O–H groups in total. The Labute approximate surface area is 282 Å². The van der Waals surface area contributed by atoms with Crippen molar-refractivity contribution in [1.82, 2.24) is 10.2 Å². The fourth-order valence-electron chi connectivity index (χ4n) is 5.15. The molecular weight excluding hydrogens is 638 g/mol. The number of carbonyl (C=O) groups is 2. The van der Waals surface area contributed by atoms with Gasteiger partial charge in [0, 0.05) is 30.1 Å². The maximum Gasteiger partial charge on any atom is 0.264 e. The maximum absolute atomic E-state index is 14.6. The molecule has 0 aromatic heterocycles. The monoisotopic (exact) mass is 677 g/mol. The highest BCUT2D eigenvalue weighted by molar-refractivity contribution is 7.92. The van der Waals surface area contributed by atoms with Crippen LogP contribution in [0.4, 0.5) is 5.69 Å². The summed E-state index contributed by atoms with van der Waals surface area (Å²) in [5.41, 5.74) is 2.84. The summed E-state index contributed by atoms with van der Waals surface area (Å²) in [6.07, 6.45) is 0.223. The van der Waals surface area contributed by atoms with Crippen molar-refractivity contribution in [2.24, 2.45) is 0 Å². The molecule has 47 heavy (non-hydrogen) atoms. The van der Waals surface area contributed by atoms with Crippen molar-refractivity contribution in [1.29, 1.82) is 0 Å². The van der Waals surface area contributed by atoms with Crippen molar-refractivity contribution < 1.29 is 27.5 Å². The summed E-state index contributed by atoms with van der Waals surface area (Å²) in [6.45, 7) is 5.12. The third-order valence-corrected chi connectivity index (χ3v) is 9.66. The minimum atomic E-state index is -4.35. The van der Waals surface area contributed by atoms with Crippen LogP contribution in [0.15, 0.2) is 102 Å². The van der Waals surface area contributed by atoms with Gasteiger partial charge in [-0.2, -0.15) is 0 Å². The standard InChI is InChI=1S/C36H40ClN3O6S/c1-25(2)38-36(42)32(21-27-12-7-6-8-13-27)39(23-28-14-10-9-11-26(28)3)35(41)24-40(30-17-15-29(37)16-18-30)47(43,44)31-19-20-33(45-4)34(22-31)46-5/h6-20,22,25,32H,21,23-24H2,1-5H3,(H,38,42)/t32-/m0/s1. The number of benzene rings is 4. The fourth-order valence-corrected chi connectivity index (χ4v) is 6.70. The zero-order valence-corrected chi connectivity index (χ0v) is 28.7. The van der Waals surface area contributed by atoms with Crippen LogP contribution in [0.3, 0.4) is 0 Å². The highest BCUT2D eigenvalue weighted by atomic mass is 35.5. The summed E-state index contributed by atoms with van der Waals surface area (Å²) < 4.78 is 40.4. The van der Waals surface area contributed by atoms with Crippen LogP contribution in [-0.2, 0) is 32.6 Å². The van der Waals surface area contributed by atoms with Gasteiger partial charge in [-0.25, -0.2) is 8.42 Å². The van der Waals surface area contributed by atoms with Crippen LogP contribution in [-0.4, -0.2) is 58.0 Å². The van der Waals surface area contributed by atoms with Gasteiger partial charge in [-0.3, -0.25) is 13.9 Å². The molecule has 0 radical (unpaired) electrons. The number of carbonyl (C=O) groups excluding carboxylic acids is 2. The van der Waals surface area contributed by atoms with E-state index in [4.69, 9.17) is 21.1 Å². The molecule has 0 saturated carbocycles. The molecular formula is C36H40ClN3O6S. The molecule has 0 aliphatic heterocycles.